The number of carbonyl (C=O) groups is 1. The third kappa shape index (κ3) is 4.41. The Balaban J connectivity index is 1.58. The Morgan fingerprint density at radius 1 is 1.17 bits per heavy atom. The highest BCUT2D eigenvalue weighted by Crippen LogP contribution is 2.20. The minimum Gasteiger partial charge on any atom is -0.370 e. The van der Waals surface area contributed by atoms with Gasteiger partial charge in [0.2, 0.25) is 5.91 Å². The number of hydrogen-bond acceptors (Lipinski definition) is 3. The van der Waals surface area contributed by atoms with Gasteiger partial charge in [-0.2, -0.15) is 0 Å². The molecule has 0 unspecified atom stereocenters. The topological polar surface area (TPSA) is 45.2 Å². The van der Waals surface area contributed by atoms with E-state index in [4.69, 9.17) is 0 Å². The first-order valence-corrected chi connectivity index (χ1v) is 8.16. The minimum atomic E-state index is -0.326. The van der Waals surface area contributed by atoms with E-state index in [2.05, 4.69) is 15.2 Å². The molecule has 0 spiro atoms. The minimum absolute atomic E-state index is 0.294. The van der Waals surface area contributed by atoms with Crippen LogP contribution < -0.4 is 10.2 Å². The molecule has 0 atom stereocenters. The molecule has 1 aromatic heterocycles. The largest absolute Gasteiger partial charge is 0.370 e. The van der Waals surface area contributed by atoms with Crippen molar-refractivity contribution in [2.75, 3.05) is 23.3 Å². The van der Waals surface area contributed by atoms with E-state index in [1.165, 1.54) is 37.5 Å². The van der Waals surface area contributed by atoms with Crippen molar-refractivity contribution in [3.8, 4) is 0 Å². The SMILES string of the molecule is O=C(C=Cc1cccc(F)c1)Nc1ccc(N2CCCCC2)cn1. The molecule has 124 valence electrons. The van der Waals surface area contributed by atoms with Gasteiger partial charge in [0.15, 0.2) is 0 Å². The number of piperidine rings is 1. The number of nitrogens with zero attached hydrogens (tertiary/aromatic N) is 2. The lowest BCUT2D eigenvalue weighted by atomic mass is 10.1. The highest BCUT2D eigenvalue weighted by Gasteiger charge is 2.11. The third-order valence-electron chi connectivity index (χ3n) is 4.00. The summed E-state index contributed by atoms with van der Waals surface area (Å²) < 4.78 is 13.1. The van der Waals surface area contributed by atoms with E-state index >= 15 is 0 Å². The van der Waals surface area contributed by atoms with Gasteiger partial charge in [-0.15, -0.1) is 0 Å². The molecule has 0 bridgehead atoms. The molecular formula is C19H20FN3O. The summed E-state index contributed by atoms with van der Waals surface area (Å²) in [6.45, 7) is 2.12. The monoisotopic (exact) mass is 325 g/mol. The van der Waals surface area contributed by atoms with Gasteiger partial charge in [-0.3, -0.25) is 4.79 Å². The molecule has 1 aromatic carbocycles. The Labute approximate surface area is 141 Å². The average Bonchev–Trinajstić information content (AvgIpc) is 2.61. The Kier molecular flexibility index (Phi) is 5.21. The van der Waals surface area contributed by atoms with Crippen LogP contribution >= 0.6 is 0 Å². The maximum absolute atomic E-state index is 13.1. The number of nitrogens with one attached hydrogen (secondary N) is 1. The van der Waals surface area contributed by atoms with Crippen LogP contribution in [0.4, 0.5) is 15.9 Å². The number of halogens is 1. The normalized spacial score (nSPS) is 14.8. The van der Waals surface area contributed by atoms with Crippen molar-refractivity contribution in [2.45, 2.75) is 19.3 Å². The fourth-order valence-electron chi connectivity index (χ4n) is 2.75. The van der Waals surface area contributed by atoms with Crippen molar-refractivity contribution in [3.63, 3.8) is 0 Å². The average molecular weight is 325 g/mol. The molecule has 0 saturated carbocycles. The van der Waals surface area contributed by atoms with E-state index in [1.54, 1.807) is 30.5 Å². The molecule has 1 aliphatic heterocycles. The van der Waals surface area contributed by atoms with Gasteiger partial charge in [0, 0.05) is 19.2 Å². The quantitative estimate of drug-likeness (QED) is 0.868. The van der Waals surface area contributed by atoms with Crippen molar-refractivity contribution in [3.05, 3.63) is 60.1 Å². The summed E-state index contributed by atoms with van der Waals surface area (Å²) in [4.78, 5) is 18.5. The van der Waals surface area contributed by atoms with Crippen LogP contribution in [-0.4, -0.2) is 24.0 Å². The molecule has 1 saturated heterocycles. The van der Waals surface area contributed by atoms with E-state index in [0.29, 0.717) is 11.4 Å². The van der Waals surface area contributed by atoms with Gasteiger partial charge in [0.05, 0.1) is 11.9 Å². The lowest BCUT2D eigenvalue weighted by Gasteiger charge is -2.28. The predicted octanol–water partition coefficient (Wildman–Crippen LogP) is 3.86. The summed E-state index contributed by atoms with van der Waals surface area (Å²) >= 11 is 0. The number of aromatic nitrogens is 1. The molecular weight excluding hydrogens is 305 g/mol. The number of hydrogen-bond donors (Lipinski definition) is 1. The third-order valence-corrected chi connectivity index (χ3v) is 4.00. The summed E-state index contributed by atoms with van der Waals surface area (Å²) in [5.74, 6) is -0.116. The lowest BCUT2D eigenvalue weighted by Crippen LogP contribution is -2.29. The molecule has 24 heavy (non-hydrogen) atoms. The Morgan fingerprint density at radius 3 is 2.71 bits per heavy atom. The van der Waals surface area contributed by atoms with Crippen LogP contribution in [0.5, 0.6) is 0 Å². The summed E-state index contributed by atoms with van der Waals surface area (Å²) in [6, 6.07) is 9.86. The van der Waals surface area contributed by atoms with E-state index in [0.717, 1.165) is 18.8 Å². The number of carbonyl (C=O) groups excluding carboxylic acids is 1. The molecule has 0 aliphatic carbocycles. The molecule has 4 nitrogen and oxygen atoms in total. The molecule has 3 rings (SSSR count). The number of pyridine rings is 1. The van der Waals surface area contributed by atoms with Crippen LogP contribution in [0, 0.1) is 5.82 Å². The first kappa shape index (κ1) is 16.2. The second kappa shape index (κ2) is 7.73. The van der Waals surface area contributed by atoms with Crippen molar-refractivity contribution in [1.82, 2.24) is 4.98 Å². The zero-order valence-corrected chi connectivity index (χ0v) is 13.4. The van der Waals surface area contributed by atoms with E-state index in [9.17, 15) is 9.18 Å². The molecule has 1 N–H and O–H groups in total. The lowest BCUT2D eigenvalue weighted by molar-refractivity contribution is -0.111. The zero-order valence-electron chi connectivity index (χ0n) is 13.4. The van der Waals surface area contributed by atoms with Crippen molar-refractivity contribution in [1.29, 1.82) is 0 Å². The molecule has 5 heteroatoms. The van der Waals surface area contributed by atoms with Gasteiger partial charge in [-0.1, -0.05) is 12.1 Å². The molecule has 1 amide bonds. The number of benzene rings is 1. The van der Waals surface area contributed by atoms with Crippen LogP contribution in [0.1, 0.15) is 24.8 Å². The Hall–Kier alpha value is -2.69. The summed E-state index contributed by atoms with van der Waals surface area (Å²) in [5, 5.41) is 2.71. The van der Waals surface area contributed by atoms with E-state index in [1.807, 2.05) is 6.07 Å². The molecule has 0 radical (unpaired) electrons. The van der Waals surface area contributed by atoms with Crippen molar-refractivity contribution >= 4 is 23.5 Å². The van der Waals surface area contributed by atoms with Crippen molar-refractivity contribution < 1.29 is 9.18 Å². The van der Waals surface area contributed by atoms with Crippen LogP contribution in [0.2, 0.25) is 0 Å². The van der Waals surface area contributed by atoms with E-state index in [-0.39, 0.29) is 11.7 Å². The van der Waals surface area contributed by atoms with Gasteiger partial charge in [0.1, 0.15) is 11.6 Å². The summed E-state index contributed by atoms with van der Waals surface area (Å²) in [5.41, 5.74) is 1.72. The van der Waals surface area contributed by atoms with Crippen LogP contribution in [0.3, 0.4) is 0 Å². The number of amides is 1. The first-order chi connectivity index (χ1) is 11.7. The fourth-order valence-corrected chi connectivity index (χ4v) is 2.75. The van der Waals surface area contributed by atoms with E-state index < -0.39 is 0 Å². The van der Waals surface area contributed by atoms with Gasteiger partial charge in [-0.05, 0) is 55.2 Å². The molecule has 1 aliphatic rings. The molecule has 1 fully saturated rings. The number of anilines is 2. The Bertz CT molecular complexity index is 722. The zero-order chi connectivity index (χ0) is 16.8. The maximum atomic E-state index is 13.1. The van der Waals surface area contributed by atoms with Crippen LogP contribution in [0.25, 0.3) is 6.08 Å². The van der Waals surface area contributed by atoms with Crippen LogP contribution in [0.15, 0.2) is 48.7 Å². The van der Waals surface area contributed by atoms with Crippen molar-refractivity contribution in [2.24, 2.45) is 0 Å². The smallest absolute Gasteiger partial charge is 0.249 e. The first-order valence-electron chi connectivity index (χ1n) is 8.16. The van der Waals surface area contributed by atoms with Crippen LogP contribution in [-0.2, 0) is 4.79 Å². The maximum Gasteiger partial charge on any atom is 0.249 e. The molecule has 2 heterocycles. The highest BCUT2D eigenvalue weighted by atomic mass is 19.1. The highest BCUT2D eigenvalue weighted by molar-refractivity contribution is 6.01. The van der Waals surface area contributed by atoms with Gasteiger partial charge < -0.3 is 10.2 Å². The Morgan fingerprint density at radius 2 is 2.00 bits per heavy atom. The number of rotatable bonds is 4. The fraction of sp³-hybridized carbons (Fsp3) is 0.263. The van der Waals surface area contributed by atoms with Gasteiger partial charge >= 0.3 is 0 Å². The second-order valence-electron chi connectivity index (χ2n) is 5.83. The van der Waals surface area contributed by atoms with Gasteiger partial charge in [-0.25, -0.2) is 9.37 Å². The standard InChI is InChI=1S/C19H20FN3O/c20-16-6-4-5-15(13-16)7-10-19(24)22-18-9-8-17(14-21-18)23-11-2-1-3-12-23/h4-10,13-14H,1-3,11-12H2,(H,21,22,24). The summed E-state index contributed by atoms with van der Waals surface area (Å²) in [6.07, 6.45) is 8.44. The van der Waals surface area contributed by atoms with Gasteiger partial charge in [0.25, 0.3) is 0 Å². The predicted molar refractivity (Wildman–Crippen MR) is 94.4 cm³/mol. The second-order valence-corrected chi connectivity index (χ2v) is 5.83. The molecule has 2 aromatic rings. The summed E-state index contributed by atoms with van der Waals surface area (Å²) in [7, 11) is 0.